The van der Waals surface area contributed by atoms with Gasteiger partial charge in [-0.05, 0) is 19.3 Å². The maximum atomic E-state index is 13.1. The first kappa shape index (κ1) is 32.3. The Balaban J connectivity index is 3.00. The number of carbonyl (C=O) groups excluding carboxylic acids is 4. The van der Waals surface area contributed by atoms with Gasteiger partial charge in [0.05, 0.1) is 18.8 Å². The lowest BCUT2D eigenvalue weighted by Crippen LogP contribution is -2.58. The largest absolute Gasteiger partial charge is 0.481 e. The topological polar surface area (TPSA) is 324 Å². The number of aromatic amines is 1. The highest BCUT2D eigenvalue weighted by Gasteiger charge is 2.31. The van der Waals surface area contributed by atoms with Crippen molar-refractivity contribution < 1.29 is 39.0 Å². The van der Waals surface area contributed by atoms with Crippen LogP contribution in [0.15, 0.2) is 17.5 Å². The molecular weight excluding hydrogens is 520 g/mol. The summed E-state index contributed by atoms with van der Waals surface area (Å²) >= 11 is 0. The van der Waals surface area contributed by atoms with Crippen molar-refractivity contribution in [3.8, 4) is 0 Å². The van der Waals surface area contributed by atoms with Crippen molar-refractivity contribution >= 4 is 41.5 Å². The Bertz CT molecular complexity index is 1040. The molecule has 0 spiro atoms. The van der Waals surface area contributed by atoms with Crippen molar-refractivity contribution in [2.24, 2.45) is 27.9 Å². The van der Waals surface area contributed by atoms with Crippen LogP contribution in [0.2, 0.25) is 0 Å². The summed E-state index contributed by atoms with van der Waals surface area (Å²) in [6.45, 7) is 0.231. The predicted octanol–water partition coefficient (Wildman–Crippen LogP) is -4.39. The van der Waals surface area contributed by atoms with Crippen molar-refractivity contribution in [2.75, 3.05) is 6.54 Å². The van der Waals surface area contributed by atoms with Crippen LogP contribution < -0.4 is 38.9 Å². The number of hydrogen-bond donors (Lipinski definition) is 10. The summed E-state index contributed by atoms with van der Waals surface area (Å²) in [6.07, 6.45) is 1.46. The van der Waals surface area contributed by atoms with E-state index in [1.807, 2.05) is 0 Å². The molecule has 14 N–H and O–H groups in total. The molecule has 4 amide bonds. The van der Waals surface area contributed by atoms with Gasteiger partial charge in [0.1, 0.15) is 18.1 Å². The molecule has 0 aromatic carbocycles. The van der Waals surface area contributed by atoms with Crippen LogP contribution in [-0.4, -0.2) is 92.4 Å². The second-order valence-electron chi connectivity index (χ2n) is 8.46. The molecule has 18 heteroatoms. The van der Waals surface area contributed by atoms with E-state index in [4.69, 9.17) is 28.0 Å². The van der Waals surface area contributed by atoms with Crippen LogP contribution in [0.3, 0.4) is 0 Å². The van der Waals surface area contributed by atoms with E-state index >= 15 is 0 Å². The number of aliphatic carboxylic acids is 2. The zero-order valence-corrected chi connectivity index (χ0v) is 21.0. The van der Waals surface area contributed by atoms with Gasteiger partial charge in [-0.1, -0.05) is 0 Å². The first-order valence-electron chi connectivity index (χ1n) is 11.7. The highest BCUT2D eigenvalue weighted by molar-refractivity contribution is 5.96. The van der Waals surface area contributed by atoms with E-state index in [0.717, 1.165) is 0 Å². The summed E-state index contributed by atoms with van der Waals surface area (Å²) in [5.74, 6) is -6.63. The standard InChI is InChI=1S/C21H34N10O8/c22-11(2-1-5-27-21(24)25)17(35)30-13(6-10-8-26-9-28-10)18(36)31-14(7-15(23)32)19(37)29-12(20(38)39)3-4-16(33)34/h8-9,11-14H,1-7,22H2,(H2,23,32)(H,26,28)(H,29,37)(H,30,35)(H,31,36)(H,33,34)(H,38,39)(H4,24,25,27). The van der Waals surface area contributed by atoms with Gasteiger partial charge in [-0.2, -0.15) is 0 Å². The third kappa shape index (κ3) is 12.9. The summed E-state index contributed by atoms with van der Waals surface area (Å²) in [7, 11) is 0. The number of hydrogen-bond acceptors (Lipinski definition) is 9. The predicted molar refractivity (Wildman–Crippen MR) is 134 cm³/mol. The van der Waals surface area contributed by atoms with Gasteiger partial charge in [-0.3, -0.25) is 29.0 Å². The third-order valence-corrected chi connectivity index (χ3v) is 5.22. The number of aliphatic imine (C=N–C) groups is 1. The molecule has 1 aromatic heterocycles. The fraction of sp³-hybridized carbons (Fsp3) is 0.524. The zero-order valence-electron chi connectivity index (χ0n) is 21.0. The van der Waals surface area contributed by atoms with Crippen molar-refractivity contribution in [1.29, 1.82) is 0 Å². The number of carboxylic acid groups (broad SMARTS) is 2. The SMILES string of the molecule is NC(=O)CC(NC(=O)C(Cc1cnc[nH]1)NC(=O)C(N)CCCN=C(N)N)C(=O)NC(CCC(=O)O)C(=O)O. The molecule has 4 unspecified atom stereocenters. The Morgan fingerprint density at radius 3 is 2.08 bits per heavy atom. The highest BCUT2D eigenvalue weighted by Crippen LogP contribution is 2.05. The van der Waals surface area contributed by atoms with E-state index in [0.29, 0.717) is 12.1 Å². The van der Waals surface area contributed by atoms with Crippen molar-refractivity contribution in [3.05, 3.63) is 18.2 Å². The number of nitrogens with one attached hydrogen (secondary N) is 4. The molecule has 0 bridgehead atoms. The number of primary amides is 1. The van der Waals surface area contributed by atoms with Crippen LogP contribution >= 0.6 is 0 Å². The van der Waals surface area contributed by atoms with Crippen LogP contribution in [0.1, 0.15) is 37.8 Å². The molecule has 0 saturated heterocycles. The summed E-state index contributed by atoms with van der Waals surface area (Å²) < 4.78 is 0. The number of H-pyrrole nitrogens is 1. The molecule has 216 valence electrons. The smallest absolute Gasteiger partial charge is 0.326 e. The summed E-state index contributed by atoms with van der Waals surface area (Å²) in [6, 6.07) is -5.58. The van der Waals surface area contributed by atoms with Crippen molar-refractivity contribution in [1.82, 2.24) is 25.9 Å². The molecule has 0 aliphatic heterocycles. The minimum Gasteiger partial charge on any atom is -0.481 e. The minimum absolute atomic E-state index is 0.112. The molecule has 4 atom stereocenters. The van der Waals surface area contributed by atoms with Gasteiger partial charge in [0.2, 0.25) is 23.6 Å². The van der Waals surface area contributed by atoms with Gasteiger partial charge in [0.15, 0.2) is 5.96 Å². The molecule has 0 aliphatic carbocycles. The van der Waals surface area contributed by atoms with E-state index in [-0.39, 0.29) is 25.3 Å². The number of carbonyl (C=O) groups is 6. The molecule has 1 aromatic rings. The van der Waals surface area contributed by atoms with Crippen LogP contribution in [0, 0.1) is 0 Å². The maximum Gasteiger partial charge on any atom is 0.326 e. The molecule has 0 fully saturated rings. The summed E-state index contributed by atoms with van der Waals surface area (Å²) in [4.78, 5) is 82.7. The minimum atomic E-state index is -1.63. The van der Waals surface area contributed by atoms with Gasteiger partial charge in [0.25, 0.3) is 0 Å². The lowest BCUT2D eigenvalue weighted by atomic mass is 10.1. The number of carboxylic acids is 2. The molecule has 18 nitrogen and oxygen atoms in total. The number of imidazole rings is 1. The Kier molecular flexibility index (Phi) is 13.4. The molecule has 1 heterocycles. The number of rotatable bonds is 18. The number of amides is 4. The van der Waals surface area contributed by atoms with Crippen molar-refractivity contribution in [3.63, 3.8) is 0 Å². The summed E-state index contributed by atoms with van der Waals surface area (Å²) in [5, 5.41) is 24.9. The van der Waals surface area contributed by atoms with E-state index in [1.54, 1.807) is 0 Å². The van der Waals surface area contributed by atoms with E-state index < -0.39 is 79.0 Å². The van der Waals surface area contributed by atoms with Gasteiger partial charge >= 0.3 is 11.9 Å². The Morgan fingerprint density at radius 2 is 1.54 bits per heavy atom. The van der Waals surface area contributed by atoms with Gasteiger partial charge in [-0.25, -0.2) is 9.78 Å². The van der Waals surface area contributed by atoms with Crippen LogP contribution in [0.25, 0.3) is 0 Å². The lowest BCUT2D eigenvalue weighted by Gasteiger charge is -2.24. The lowest BCUT2D eigenvalue weighted by molar-refractivity contribution is -0.143. The van der Waals surface area contributed by atoms with Gasteiger partial charge in [0, 0.05) is 31.3 Å². The van der Waals surface area contributed by atoms with E-state index in [2.05, 4.69) is 30.9 Å². The van der Waals surface area contributed by atoms with Gasteiger partial charge in [-0.15, -0.1) is 0 Å². The van der Waals surface area contributed by atoms with Crippen LogP contribution in [0.5, 0.6) is 0 Å². The summed E-state index contributed by atoms with van der Waals surface area (Å²) in [5.41, 5.74) is 22.0. The van der Waals surface area contributed by atoms with Gasteiger partial charge < -0.3 is 54.1 Å². The normalized spacial score (nSPS) is 13.7. The fourth-order valence-corrected chi connectivity index (χ4v) is 3.24. The van der Waals surface area contributed by atoms with Crippen molar-refractivity contribution in [2.45, 2.75) is 62.7 Å². The molecule has 0 aliphatic rings. The molecule has 0 radical (unpaired) electrons. The molecule has 1 rings (SSSR count). The quantitative estimate of drug-likeness (QED) is 0.0467. The van der Waals surface area contributed by atoms with Crippen LogP contribution in [-0.2, 0) is 35.2 Å². The average molecular weight is 555 g/mol. The monoisotopic (exact) mass is 554 g/mol. The number of aromatic nitrogens is 2. The Morgan fingerprint density at radius 1 is 0.923 bits per heavy atom. The Labute approximate surface area is 222 Å². The van der Waals surface area contributed by atoms with E-state index in [9.17, 15) is 33.9 Å². The highest BCUT2D eigenvalue weighted by atomic mass is 16.4. The first-order chi connectivity index (χ1) is 18.3. The average Bonchev–Trinajstić information content (AvgIpc) is 3.35. The number of guanidine groups is 1. The first-order valence-corrected chi connectivity index (χ1v) is 11.7. The fourth-order valence-electron chi connectivity index (χ4n) is 3.24. The zero-order chi connectivity index (χ0) is 29.5. The second kappa shape index (κ2) is 16.2. The third-order valence-electron chi connectivity index (χ3n) is 5.22. The van der Waals surface area contributed by atoms with Crippen LogP contribution in [0.4, 0.5) is 0 Å². The second-order valence-corrected chi connectivity index (χ2v) is 8.46. The molecule has 39 heavy (non-hydrogen) atoms. The van der Waals surface area contributed by atoms with E-state index in [1.165, 1.54) is 12.5 Å². The Hall–Kier alpha value is -4.74. The number of nitrogens with two attached hydrogens (primary N) is 4. The maximum absolute atomic E-state index is 13.1. The number of nitrogens with zero attached hydrogens (tertiary/aromatic N) is 2. The molecule has 0 saturated carbocycles. The molecular formula is C21H34N10O8.